The van der Waals surface area contributed by atoms with Gasteiger partial charge >= 0.3 is 0 Å². The summed E-state index contributed by atoms with van der Waals surface area (Å²) < 4.78 is 5.70. The molecule has 1 aromatic rings. The van der Waals surface area contributed by atoms with Gasteiger partial charge in [-0.15, -0.1) is 0 Å². The molecule has 3 nitrogen and oxygen atoms in total. The van der Waals surface area contributed by atoms with Gasteiger partial charge in [0, 0.05) is 12.7 Å². The Morgan fingerprint density at radius 1 is 1.44 bits per heavy atom. The number of aromatic nitrogens is 1. The molecule has 1 aromatic heterocycles. The van der Waals surface area contributed by atoms with Gasteiger partial charge in [0.05, 0.1) is 6.20 Å². The summed E-state index contributed by atoms with van der Waals surface area (Å²) in [5.74, 6) is 0.838. The van der Waals surface area contributed by atoms with Crippen LogP contribution in [0.15, 0.2) is 24.5 Å². The Labute approximate surface area is 98.2 Å². The third-order valence-corrected chi connectivity index (χ3v) is 2.36. The van der Waals surface area contributed by atoms with Gasteiger partial charge in [-0.05, 0) is 32.0 Å². The van der Waals surface area contributed by atoms with E-state index in [0.717, 1.165) is 18.8 Å². The van der Waals surface area contributed by atoms with E-state index in [9.17, 15) is 0 Å². The Bertz CT molecular complexity index is 264. The summed E-state index contributed by atoms with van der Waals surface area (Å²) in [5.41, 5.74) is 0. The van der Waals surface area contributed by atoms with Gasteiger partial charge in [0.25, 0.3) is 0 Å². The van der Waals surface area contributed by atoms with E-state index >= 15 is 0 Å². The molecule has 0 aliphatic rings. The van der Waals surface area contributed by atoms with Crippen molar-refractivity contribution in [2.24, 2.45) is 0 Å². The zero-order valence-corrected chi connectivity index (χ0v) is 10.3. The van der Waals surface area contributed by atoms with Crippen LogP contribution in [0.3, 0.4) is 0 Å². The lowest BCUT2D eigenvalue weighted by Gasteiger charge is -2.14. The summed E-state index contributed by atoms with van der Waals surface area (Å²) in [4.78, 5) is 4.01. The third kappa shape index (κ3) is 5.71. The Balaban J connectivity index is 2.09. The number of ether oxygens (including phenoxy) is 1. The molecule has 0 bridgehead atoms. The van der Waals surface area contributed by atoms with Crippen molar-refractivity contribution >= 4 is 0 Å². The lowest BCUT2D eigenvalue weighted by Crippen LogP contribution is -2.29. The van der Waals surface area contributed by atoms with Gasteiger partial charge in [0.15, 0.2) is 0 Å². The highest BCUT2D eigenvalue weighted by atomic mass is 16.5. The smallest absolute Gasteiger partial charge is 0.138 e. The molecule has 3 heteroatoms. The number of rotatable bonds is 8. The van der Waals surface area contributed by atoms with Gasteiger partial charge < -0.3 is 10.1 Å². The van der Waals surface area contributed by atoms with Crippen LogP contribution in [0.2, 0.25) is 0 Å². The van der Waals surface area contributed by atoms with Crippen molar-refractivity contribution in [3.63, 3.8) is 0 Å². The van der Waals surface area contributed by atoms with Gasteiger partial charge in [-0.1, -0.05) is 19.8 Å². The molecule has 0 aliphatic heterocycles. The Hall–Kier alpha value is -1.09. The summed E-state index contributed by atoms with van der Waals surface area (Å²) >= 11 is 0. The van der Waals surface area contributed by atoms with E-state index in [1.54, 1.807) is 12.4 Å². The number of nitrogens with zero attached hydrogens (tertiary/aromatic N) is 1. The summed E-state index contributed by atoms with van der Waals surface area (Å²) in [5, 5.41) is 3.39. The van der Waals surface area contributed by atoms with Crippen LogP contribution in [0.1, 0.15) is 33.1 Å². The minimum Gasteiger partial charge on any atom is -0.488 e. The molecule has 90 valence electrons. The number of nitrogens with one attached hydrogen (secondary N) is 1. The molecule has 0 radical (unpaired) electrons. The van der Waals surface area contributed by atoms with Crippen LogP contribution in [-0.2, 0) is 0 Å². The molecular formula is C13H22N2O. The van der Waals surface area contributed by atoms with E-state index in [1.165, 1.54) is 19.3 Å². The zero-order valence-electron chi connectivity index (χ0n) is 10.3. The fourth-order valence-electron chi connectivity index (χ4n) is 1.50. The summed E-state index contributed by atoms with van der Waals surface area (Å²) in [6.07, 6.45) is 7.49. The van der Waals surface area contributed by atoms with Crippen LogP contribution in [-0.4, -0.2) is 24.2 Å². The van der Waals surface area contributed by atoms with Crippen LogP contribution in [0, 0.1) is 0 Å². The fraction of sp³-hybridized carbons (Fsp3) is 0.615. The predicted octanol–water partition coefficient (Wildman–Crippen LogP) is 2.63. The van der Waals surface area contributed by atoms with Crippen molar-refractivity contribution in [1.29, 1.82) is 0 Å². The maximum absolute atomic E-state index is 5.70. The highest BCUT2D eigenvalue weighted by Gasteiger charge is 2.02. The Kier molecular flexibility index (Phi) is 6.58. The highest BCUT2D eigenvalue weighted by molar-refractivity contribution is 5.15. The first-order valence-electron chi connectivity index (χ1n) is 6.10. The molecule has 16 heavy (non-hydrogen) atoms. The van der Waals surface area contributed by atoms with Crippen molar-refractivity contribution in [2.75, 3.05) is 13.1 Å². The van der Waals surface area contributed by atoms with Crippen LogP contribution in [0.25, 0.3) is 0 Å². The van der Waals surface area contributed by atoms with Crippen LogP contribution < -0.4 is 10.1 Å². The van der Waals surface area contributed by atoms with Crippen LogP contribution in [0.4, 0.5) is 0 Å². The number of hydrogen-bond acceptors (Lipinski definition) is 3. The van der Waals surface area contributed by atoms with Crippen molar-refractivity contribution in [3.05, 3.63) is 24.5 Å². The van der Waals surface area contributed by atoms with Crippen LogP contribution in [0.5, 0.6) is 5.75 Å². The van der Waals surface area contributed by atoms with E-state index in [0.29, 0.717) is 0 Å². The highest BCUT2D eigenvalue weighted by Crippen LogP contribution is 2.08. The van der Waals surface area contributed by atoms with E-state index in [-0.39, 0.29) is 6.10 Å². The Morgan fingerprint density at radius 3 is 3.00 bits per heavy atom. The van der Waals surface area contributed by atoms with Gasteiger partial charge in [-0.3, -0.25) is 4.98 Å². The summed E-state index contributed by atoms with van der Waals surface area (Å²) in [6, 6.07) is 3.82. The van der Waals surface area contributed by atoms with Gasteiger partial charge in [-0.2, -0.15) is 0 Å². The molecule has 1 N–H and O–H groups in total. The molecule has 0 fully saturated rings. The maximum atomic E-state index is 5.70. The zero-order chi connectivity index (χ0) is 11.6. The van der Waals surface area contributed by atoms with E-state index < -0.39 is 0 Å². The third-order valence-electron chi connectivity index (χ3n) is 2.36. The first-order valence-corrected chi connectivity index (χ1v) is 6.10. The van der Waals surface area contributed by atoms with E-state index in [4.69, 9.17) is 4.74 Å². The average molecular weight is 222 g/mol. The quantitative estimate of drug-likeness (QED) is 0.687. The topological polar surface area (TPSA) is 34.1 Å². The van der Waals surface area contributed by atoms with Crippen molar-refractivity contribution in [2.45, 2.75) is 39.2 Å². The molecule has 0 saturated carbocycles. The lowest BCUT2D eigenvalue weighted by atomic mass is 10.2. The van der Waals surface area contributed by atoms with Crippen LogP contribution >= 0.6 is 0 Å². The fourth-order valence-corrected chi connectivity index (χ4v) is 1.50. The number of hydrogen-bond donors (Lipinski definition) is 1. The molecule has 1 atom stereocenters. The second kappa shape index (κ2) is 8.11. The lowest BCUT2D eigenvalue weighted by molar-refractivity contribution is 0.216. The number of pyridine rings is 1. The largest absolute Gasteiger partial charge is 0.488 e. The Morgan fingerprint density at radius 2 is 2.31 bits per heavy atom. The van der Waals surface area contributed by atoms with E-state index in [1.807, 2.05) is 12.1 Å². The van der Waals surface area contributed by atoms with Crippen molar-refractivity contribution in [3.8, 4) is 5.75 Å². The second-order valence-corrected chi connectivity index (χ2v) is 4.03. The monoisotopic (exact) mass is 222 g/mol. The minimum absolute atomic E-state index is 0.186. The molecule has 0 saturated heterocycles. The molecule has 1 rings (SSSR count). The summed E-state index contributed by atoms with van der Waals surface area (Å²) in [7, 11) is 0. The molecule has 0 aliphatic carbocycles. The van der Waals surface area contributed by atoms with Gasteiger partial charge in [0.1, 0.15) is 11.9 Å². The summed E-state index contributed by atoms with van der Waals surface area (Å²) in [6.45, 7) is 6.25. The van der Waals surface area contributed by atoms with Crippen molar-refractivity contribution in [1.82, 2.24) is 10.3 Å². The average Bonchev–Trinajstić information content (AvgIpc) is 2.30. The first-order chi connectivity index (χ1) is 7.83. The normalized spacial score (nSPS) is 12.4. The maximum Gasteiger partial charge on any atom is 0.138 e. The first kappa shape index (κ1) is 13.0. The second-order valence-electron chi connectivity index (χ2n) is 4.03. The molecule has 0 spiro atoms. The SMILES string of the molecule is CCCCCNCC(C)Oc1cccnc1. The van der Waals surface area contributed by atoms with E-state index in [2.05, 4.69) is 24.1 Å². The molecule has 1 heterocycles. The minimum atomic E-state index is 0.186. The predicted molar refractivity (Wildman–Crippen MR) is 66.7 cm³/mol. The molecule has 1 unspecified atom stereocenters. The number of unbranched alkanes of at least 4 members (excludes halogenated alkanes) is 2. The molecule has 0 amide bonds. The molecule has 0 aromatic carbocycles. The standard InChI is InChI=1S/C13H22N2O/c1-3-4-5-8-14-10-12(2)16-13-7-6-9-15-11-13/h6-7,9,11-12,14H,3-5,8,10H2,1-2H3. The van der Waals surface area contributed by atoms with Gasteiger partial charge in [0.2, 0.25) is 0 Å². The van der Waals surface area contributed by atoms with Crippen molar-refractivity contribution < 1.29 is 4.74 Å². The van der Waals surface area contributed by atoms with Gasteiger partial charge in [-0.25, -0.2) is 0 Å². The molecular weight excluding hydrogens is 200 g/mol.